The number of ether oxygens (including phenoxy) is 1. The van der Waals surface area contributed by atoms with E-state index < -0.39 is 22.1 Å². The van der Waals surface area contributed by atoms with Gasteiger partial charge in [-0.2, -0.15) is 0 Å². The highest BCUT2D eigenvalue weighted by Gasteiger charge is 2.19. The zero-order chi connectivity index (χ0) is 17.7. The number of nitrogens with zero attached hydrogens (tertiary/aromatic N) is 2. The number of carboxylic acid groups (broad SMARTS) is 1. The van der Waals surface area contributed by atoms with Crippen molar-refractivity contribution in [3.8, 4) is 0 Å². The van der Waals surface area contributed by atoms with Gasteiger partial charge in [-0.25, -0.2) is 4.79 Å². The summed E-state index contributed by atoms with van der Waals surface area (Å²) < 4.78 is 4.83. The van der Waals surface area contributed by atoms with Gasteiger partial charge < -0.3 is 9.84 Å². The Morgan fingerprint density at radius 2 is 1.42 bits per heavy atom. The number of hydrogen-bond acceptors (Lipinski definition) is 6. The second-order valence-corrected chi connectivity index (χ2v) is 4.85. The SMILES string of the molecule is O=C(O)OC(Cc1ccc([N+](=O)[O-])cc1)c1ccc([N+](=O)[O-])cc1. The van der Waals surface area contributed by atoms with E-state index in [-0.39, 0.29) is 17.8 Å². The van der Waals surface area contributed by atoms with Crippen molar-refractivity contribution in [2.24, 2.45) is 0 Å². The van der Waals surface area contributed by atoms with E-state index in [0.717, 1.165) is 0 Å². The molecule has 9 nitrogen and oxygen atoms in total. The van der Waals surface area contributed by atoms with Crippen molar-refractivity contribution < 1.29 is 24.5 Å². The summed E-state index contributed by atoms with van der Waals surface area (Å²) in [6.07, 6.45) is -2.23. The van der Waals surface area contributed by atoms with Crippen LogP contribution in [-0.2, 0) is 11.2 Å². The van der Waals surface area contributed by atoms with Crippen LogP contribution in [0.2, 0.25) is 0 Å². The second-order valence-electron chi connectivity index (χ2n) is 4.85. The monoisotopic (exact) mass is 332 g/mol. The number of non-ortho nitro benzene ring substituents is 2. The molecule has 0 aromatic heterocycles. The molecule has 24 heavy (non-hydrogen) atoms. The van der Waals surface area contributed by atoms with E-state index in [2.05, 4.69) is 0 Å². The zero-order valence-electron chi connectivity index (χ0n) is 12.2. The first-order chi connectivity index (χ1) is 11.4. The van der Waals surface area contributed by atoms with Crippen molar-refractivity contribution in [3.05, 3.63) is 79.9 Å². The van der Waals surface area contributed by atoms with E-state index in [1.807, 2.05) is 0 Å². The molecule has 0 aliphatic heterocycles. The molecule has 1 unspecified atom stereocenters. The second kappa shape index (κ2) is 7.18. The Balaban J connectivity index is 2.23. The largest absolute Gasteiger partial charge is 0.506 e. The molecule has 0 spiro atoms. The van der Waals surface area contributed by atoms with E-state index in [1.54, 1.807) is 0 Å². The molecule has 0 amide bonds. The van der Waals surface area contributed by atoms with Crippen LogP contribution in [0.15, 0.2) is 48.5 Å². The van der Waals surface area contributed by atoms with E-state index in [4.69, 9.17) is 9.84 Å². The summed E-state index contributed by atoms with van der Waals surface area (Å²) in [6, 6.07) is 11.0. The highest BCUT2D eigenvalue weighted by molar-refractivity contribution is 5.57. The Kier molecular flexibility index (Phi) is 5.05. The average Bonchev–Trinajstić information content (AvgIpc) is 2.54. The van der Waals surface area contributed by atoms with Crippen LogP contribution in [0.3, 0.4) is 0 Å². The third kappa shape index (κ3) is 4.26. The van der Waals surface area contributed by atoms with Gasteiger partial charge in [0.25, 0.3) is 11.4 Å². The molecule has 2 aromatic rings. The van der Waals surface area contributed by atoms with Gasteiger partial charge in [0, 0.05) is 30.7 Å². The normalized spacial score (nSPS) is 11.5. The number of rotatable bonds is 6. The summed E-state index contributed by atoms with van der Waals surface area (Å²) in [5, 5.41) is 30.2. The fourth-order valence-corrected chi connectivity index (χ4v) is 2.13. The van der Waals surface area contributed by atoms with Gasteiger partial charge >= 0.3 is 6.16 Å². The summed E-state index contributed by atoms with van der Waals surface area (Å²) >= 11 is 0. The quantitative estimate of drug-likeness (QED) is 0.486. The highest BCUT2D eigenvalue weighted by atomic mass is 16.7. The molecule has 0 saturated heterocycles. The van der Waals surface area contributed by atoms with Gasteiger partial charge in [-0.15, -0.1) is 0 Å². The summed E-state index contributed by atoms with van der Waals surface area (Å²) in [5.74, 6) is 0. The summed E-state index contributed by atoms with van der Waals surface area (Å²) in [7, 11) is 0. The minimum Gasteiger partial charge on any atom is -0.450 e. The lowest BCUT2D eigenvalue weighted by Crippen LogP contribution is -2.12. The maximum Gasteiger partial charge on any atom is 0.506 e. The minimum absolute atomic E-state index is 0.0789. The molecule has 0 radical (unpaired) electrons. The third-order valence-electron chi connectivity index (χ3n) is 3.29. The van der Waals surface area contributed by atoms with Gasteiger partial charge in [-0.1, -0.05) is 12.1 Å². The molecule has 0 heterocycles. The molecule has 2 aromatic carbocycles. The molecular weight excluding hydrogens is 320 g/mol. The molecule has 0 bridgehead atoms. The molecule has 2 rings (SSSR count). The molecule has 0 aliphatic carbocycles. The lowest BCUT2D eigenvalue weighted by atomic mass is 10.0. The third-order valence-corrected chi connectivity index (χ3v) is 3.29. The Morgan fingerprint density at radius 3 is 1.83 bits per heavy atom. The van der Waals surface area contributed by atoms with E-state index in [1.165, 1.54) is 48.5 Å². The zero-order valence-corrected chi connectivity index (χ0v) is 12.2. The van der Waals surface area contributed by atoms with Crippen LogP contribution in [0, 0.1) is 20.2 Å². The van der Waals surface area contributed by atoms with Crippen LogP contribution in [0.4, 0.5) is 16.2 Å². The maximum absolute atomic E-state index is 10.9. The van der Waals surface area contributed by atoms with Crippen LogP contribution in [0.1, 0.15) is 17.2 Å². The lowest BCUT2D eigenvalue weighted by molar-refractivity contribution is -0.385. The van der Waals surface area contributed by atoms with Crippen molar-refractivity contribution in [2.75, 3.05) is 0 Å². The summed E-state index contributed by atoms with van der Waals surface area (Å²) in [5.41, 5.74) is 0.875. The Hall–Kier alpha value is -3.49. The van der Waals surface area contributed by atoms with Crippen LogP contribution in [-0.4, -0.2) is 21.1 Å². The lowest BCUT2D eigenvalue weighted by Gasteiger charge is -2.16. The van der Waals surface area contributed by atoms with Crippen molar-refractivity contribution in [3.63, 3.8) is 0 Å². The van der Waals surface area contributed by atoms with Gasteiger partial charge in [0.15, 0.2) is 0 Å². The van der Waals surface area contributed by atoms with Crippen LogP contribution < -0.4 is 0 Å². The average molecular weight is 332 g/mol. The van der Waals surface area contributed by atoms with Crippen LogP contribution in [0.25, 0.3) is 0 Å². The van der Waals surface area contributed by atoms with Crippen molar-refractivity contribution >= 4 is 17.5 Å². The maximum atomic E-state index is 10.9. The highest BCUT2D eigenvalue weighted by Crippen LogP contribution is 2.25. The molecule has 124 valence electrons. The van der Waals surface area contributed by atoms with Gasteiger partial charge in [0.2, 0.25) is 0 Å². The Labute approximate surface area is 135 Å². The molecule has 0 fully saturated rings. The van der Waals surface area contributed by atoms with Crippen molar-refractivity contribution in [2.45, 2.75) is 12.5 Å². The Morgan fingerprint density at radius 1 is 0.958 bits per heavy atom. The van der Waals surface area contributed by atoms with Gasteiger partial charge in [-0.3, -0.25) is 20.2 Å². The van der Waals surface area contributed by atoms with E-state index in [9.17, 15) is 25.0 Å². The molecule has 1 N–H and O–H groups in total. The first kappa shape index (κ1) is 16.9. The predicted octanol–water partition coefficient (Wildman–Crippen LogP) is 3.48. The predicted molar refractivity (Wildman–Crippen MR) is 81.7 cm³/mol. The number of hydrogen-bond donors (Lipinski definition) is 1. The first-order valence-corrected chi connectivity index (χ1v) is 6.74. The van der Waals surface area contributed by atoms with Crippen LogP contribution >= 0.6 is 0 Å². The number of carbonyl (C=O) groups is 1. The summed E-state index contributed by atoms with van der Waals surface area (Å²) in [4.78, 5) is 31.1. The first-order valence-electron chi connectivity index (χ1n) is 6.74. The van der Waals surface area contributed by atoms with Crippen molar-refractivity contribution in [1.82, 2.24) is 0 Å². The number of nitro benzene ring substituents is 2. The topological polar surface area (TPSA) is 133 Å². The Bertz CT molecular complexity index is 756. The number of nitro groups is 2. The van der Waals surface area contributed by atoms with Gasteiger partial charge in [0.1, 0.15) is 6.10 Å². The minimum atomic E-state index is -1.49. The van der Waals surface area contributed by atoms with Crippen molar-refractivity contribution in [1.29, 1.82) is 0 Å². The molecule has 9 heteroatoms. The summed E-state index contributed by atoms with van der Waals surface area (Å²) in [6.45, 7) is 0. The van der Waals surface area contributed by atoms with Crippen LogP contribution in [0.5, 0.6) is 0 Å². The fraction of sp³-hybridized carbons (Fsp3) is 0.133. The smallest absolute Gasteiger partial charge is 0.450 e. The van der Waals surface area contributed by atoms with E-state index in [0.29, 0.717) is 11.1 Å². The van der Waals surface area contributed by atoms with Gasteiger partial charge in [-0.05, 0) is 23.3 Å². The van der Waals surface area contributed by atoms with Gasteiger partial charge in [0.05, 0.1) is 9.85 Å². The molecule has 0 aliphatic rings. The molecule has 0 saturated carbocycles. The molecule has 1 atom stereocenters. The fourth-order valence-electron chi connectivity index (χ4n) is 2.13. The number of benzene rings is 2. The van der Waals surface area contributed by atoms with E-state index >= 15 is 0 Å². The molecular formula is C15H12N2O7. The standard InChI is InChI=1S/C15H12N2O7/c18-15(19)24-14(11-3-7-13(8-4-11)17(22)23)9-10-1-5-12(6-2-10)16(20)21/h1-8,14H,9H2,(H,18,19).